The van der Waals surface area contributed by atoms with Gasteiger partial charge < -0.3 is 10.6 Å². The number of halogens is 4. The molecular weight excluding hydrogens is 345 g/mol. The number of fused-ring (bicyclic) bond motifs is 1. The van der Waals surface area contributed by atoms with E-state index in [0.29, 0.717) is 31.1 Å². The van der Waals surface area contributed by atoms with Gasteiger partial charge >= 0.3 is 6.18 Å². The lowest BCUT2D eigenvalue weighted by Crippen LogP contribution is -2.33. The van der Waals surface area contributed by atoms with Gasteiger partial charge in [-0.3, -0.25) is 4.79 Å². The number of anilines is 1. The number of carbonyl (C=O) groups is 1. The molecule has 0 spiro atoms. The highest BCUT2D eigenvalue weighted by molar-refractivity contribution is 6.30. The standard InChI is InChI=1S/C15H14ClF3N4O/c16-10-4-2-9(3-5-10)8-22-6-1-7-23-14(22)11(13(20)24)12(21-23)15(17,18)19/h2-5H,1,6-8H2,(H2,20,24). The maximum Gasteiger partial charge on any atom is 0.436 e. The summed E-state index contributed by atoms with van der Waals surface area (Å²) in [5, 5.41) is 4.15. The average Bonchev–Trinajstić information content (AvgIpc) is 2.90. The zero-order chi connectivity index (χ0) is 17.5. The van der Waals surface area contributed by atoms with Crippen LogP contribution in [0, 0.1) is 0 Å². The average molecular weight is 359 g/mol. The zero-order valence-corrected chi connectivity index (χ0v) is 13.2. The first-order valence-corrected chi connectivity index (χ1v) is 7.62. The number of aromatic nitrogens is 2. The summed E-state index contributed by atoms with van der Waals surface area (Å²) in [4.78, 5) is 13.4. The summed E-state index contributed by atoms with van der Waals surface area (Å²) in [5.41, 5.74) is 4.28. The second-order valence-electron chi connectivity index (χ2n) is 5.53. The normalized spacial score (nSPS) is 14.6. The summed E-state index contributed by atoms with van der Waals surface area (Å²) < 4.78 is 40.7. The van der Waals surface area contributed by atoms with Crippen molar-refractivity contribution in [3.8, 4) is 0 Å². The van der Waals surface area contributed by atoms with Crippen molar-refractivity contribution in [2.75, 3.05) is 11.4 Å². The predicted octanol–water partition coefficient (Wildman–Crippen LogP) is 3.06. The molecule has 0 atom stereocenters. The number of primary amides is 1. The highest BCUT2D eigenvalue weighted by Gasteiger charge is 2.42. The molecule has 0 radical (unpaired) electrons. The van der Waals surface area contributed by atoms with Crippen LogP contribution >= 0.6 is 11.6 Å². The number of aryl methyl sites for hydroxylation is 1. The summed E-state index contributed by atoms with van der Waals surface area (Å²) >= 11 is 5.84. The van der Waals surface area contributed by atoms with Gasteiger partial charge in [0.1, 0.15) is 11.4 Å². The van der Waals surface area contributed by atoms with Gasteiger partial charge in [0.25, 0.3) is 5.91 Å². The Balaban J connectivity index is 2.04. The molecule has 2 heterocycles. The topological polar surface area (TPSA) is 64.2 Å². The monoisotopic (exact) mass is 358 g/mol. The van der Waals surface area contributed by atoms with Gasteiger partial charge in [-0.1, -0.05) is 23.7 Å². The number of hydrogen-bond acceptors (Lipinski definition) is 3. The third kappa shape index (κ3) is 3.06. The van der Waals surface area contributed by atoms with E-state index in [4.69, 9.17) is 17.3 Å². The summed E-state index contributed by atoms with van der Waals surface area (Å²) in [6.45, 7) is 1.15. The third-order valence-corrected chi connectivity index (χ3v) is 4.08. The second kappa shape index (κ2) is 6.01. The summed E-state index contributed by atoms with van der Waals surface area (Å²) in [6.07, 6.45) is -4.11. The molecule has 9 heteroatoms. The minimum atomic E-state index is -4.74. The predicted molar refractivity (Wildman–Crippen MR) is 82.9 cm³/mol. The lowest BCUT2D eigenvalue weighted by molar-refractivity contribution is -0.141. The van der Waals surface area contributed by atoms with Gasteiger partial charge in [0.15, 0.2) is 5.69 Å². The van der Waals surface area contributed by atoms with E-state index >= 15 is 0 Å². The number of benzene rings is 1. The third-order valence-electron chi connectivity index (χ3n) is 3.82. The molecule has 1 aromatic carbocycles. The molecule has 1 aliphatic rings. The van der Waals surface area contributed by atoms with Gasteiger partial charge in [0, 0.05) is 24.7 Å². The minimum Gasteiger partial charge on any atom is -0.365 e. The Morgan fingerprint density at radius 3 is 2.50 bits per heavy atom. The molecule has 0 aliphatic carbocycles. The van der Waals surface area contributed by atoms with E-state index in [1.807, 2.05) is 0 Å². The molecule has 3 rings (SSSR count). The van der Waals surface area contributed by atoms with Crippen molar-refractivity contribution >= 4 is 23.3 Å². The van der Waals surface area contributed by atoms with Gasteiger partial charge in [-0.15, -0.1) is 0 Å². The van der Waals surface area contributed by atoms with Crippen LogP contribution in [0.15, 0.2) is 24.3 Å². The van der Waals surface area contributed by atoms with Gasteiger partial charge in [-0.05, 0) is 24.1 Å². The first kappa shape index (κ1) is 16.6. The van der Waals surface area contributed by atoms with Crippen molar-refractivity contribution < 1.29 is 18.0 Å². The van der Waals surface area contributed by atoms with E-state index in [0.717, 1.165) is 5.56 Å². The fourth-order valence-corrected chi connectivity index (χ4v) is 2.96. The van der Waals surface area contributed by atoms with Crippen molar-refractivity contribution in [1.29, 1.82) is 0 Å². The number of nitrogens with zero attached hydrogens (tertiary/aromatic N) is 3. The Kier molecular flexibility index (Phi) is 4.16. The Morgan fingerprint density at radius 1 is 1.25 bits per heavy atom. The minimum absolute atomic E-state index is 0.121. The molecule has 0 saturated carbocycles. The second-order valence-corrected chi connectivity index (χ2v) is 5.97. The molecule has 128 valence electrons. The van der Waals surface area contributed by atoms with E-state index in [-0.39, 0.29) is 5.82 Å². The number of nitrogens with two attached hydrogens (primary N) is 1. The van der Waals surface area contributed by atoms with Gasteiger partial charge in [-0.2, -0.15) is 18.3 Å². The quantitative estimate of drug-likeness (QED) is 0.917. The molecule has 2 N–H and O–H groups in total. The molecular formula is C15H14ClF3N4O. The SMILES string of the molecule is NC(=O)c1c(C(F)(F)F)nn2c1N(Cc1ccc(Cl)cc1)CCC2. The van der Waals surface area contributed by atoms with E-state index < -0.39 is 23.3 Å². The van der Waals surface area contributed by atoms with E-state index in [1.165, 1.54) is 4.68 Å². The number of hydrogen-bond donors (Lipinski definition) is 1. The molecule has 24 heavy (non-hydrogen) atoms. The maximum atomic E-state index is 13.2. The first-order chi connectivity index (χ1) is 11.3. The molecule has 0 bridgehead atoms. The highest BCUT2D eigenvalue weighted by Crippen LogP contribution is 2.37. The van der Waals surface area contributed by atoms with Gasteiger partial charge in [-0.25, -0.2) is 4.68 Å². The molecule has 1 amide bonds. The van der Waals surface area contributed by atoms with Crippen LogP contribution in [0.5, 0.6) is 0 Å². The summed E-state index contributed by atoms with van der Waals surface area (Å²) in [5.74, 6) is -1.01. The van der Waals surface area contributed by atoms with Crippen LogP contribution in [0.3, 0.4) is 0 Å². The lowest BCUT2D eigenvalue weighted by atomic mass is 10.1. The fraction of sp³-hybridized carbons (Fsp3) is 0.333. The van der Waals surface area contributed by atoms with Crippen LogP contribution in [-0.2, 0) is 19.3 Å². The molecule has 0 unspecified atom stereocenters. The maximum absolute atomic E-state index is 13.2. The van der Waals surface area contributed by atoms with Crippen LogP contribution in [0.25, 0.3) is 0 Å². The molecule has 0 fully saturated rings. The summed E-state index contributed by atoms with van der Waals surface area (Å²) in [6, 6.07) is 6.97. The van der Waals surface area contributed by atoms with E-state index in [1.54, 1.807) is 29.2 Å². The molecule has 5 nitrogen and oxygen atoms in total. The Labute approximate surface area is 140 Å². The number of rotatable bonds is 3. The first-order valence-electron chi connectivity index (χ1n) is 7.24. The number of alkyl halides is 3. The van der Waals surface area contributed by atoms with Gasteiger partial charge in [0.05, 0.1) is 0 Å². The fourth-order valence-electron chi connectivity index (χ4n) is 2.84. The molecule has 2 aromatic rings. The zero-order valence-electron chi connectivity index (χ0n) is 12.5. The van der Waals surface area contributed by atoms with Crippen LogP contribution in [0.4, 0.5) is 19.0 Å². The number of amides is 1. The van der Waals surface area contributed by atoms with Crippen molar-refractivity contribution in [1.82, 2.24) is 9.78 Å². The molecule has 1 aliphatic heterocycles. The molecule has 1 aromatic heterocycles. The smallest absolute Gasteiger partial charge is 0.365 e. The van der Waals surface area contributed by atoms with Crippen LogP contribution in [0.2, 0.25) is 5.02 Å². The van der Waals surface area contributed by atoms with E-state index in [2.05, 4.69) is 5.10 Å². The Hall–Kier alpha value is -2.22. The van der Waals surface area contributed by atoms with Gasteiger partial charge in [0.2, 0.25) is 0 Å². The van der Waals surface area contributed by atoms with Crippen molar-refractivity contribution in [2.24, 2.45) is 5.73 Å². The lowest BCUT2D eigenvalue weighted by Gasteiger charge is -2.30. The highest BCUT2D eigenvalue weighted by atomic mass is 35.5. The Morgan fingerprint density at radius 2 is 1.92 bits per heavy atom. The van der Waals surface area contributed by atoms with Crippen LogP contribution in [-0.4, -0.2) is 22.2 Å². The molecule has 0 saturated heterocycles. The summed E-state index contributed by atoms with van der Waals surface area (Å²) in [7, 11) is 0. The largest absolute Gasteiger partial charge is 0.436 e. The van der Waals surface area contributed by atoms with Crippen LogP contribution in [0.1, 0.15) is 28.0 Å². The van der Waals surface area contributed by atoms with Crippen molar-refractivity contribution in [3.05, 3.63) is 46.1 Å². The van der Waals surface area contributed by atoms with Crippen molar-refractivity contribution in [2.45, 2.75) is 25.7 Å². The van der Waals surface area contributed by atoms with E-state index in [9.17, 15) is 18.0 Å². The number of carbonyl (C=O) groups excluding carboxylic acids is 1. The van der Waals surface area contributed by atoms with Crippen molar-refractivity contribution in [3.63, 3.8) is 0 Å². The van der Waals surface area contributed by atoms with Crippen LogP contribution < -0.4 is 10.6 Å². The Bertz CT molecular complexity index is 770.